The molecule has 15 heavy (non-hydrogen) atoms. The van der Waals surface area contributed by atoms with Gasteiger partial charge in [-0.3, -0.25) is 9.59 Å². The molecule has 86 valence electrons. The van der Waals surface area contributed by atoms with E-state index in [2.05, 4.69) is 4.74 Å². The molecule has 0 saturated heterocycles. The highest BCUT2D eigenvalue weighted by atomic mass is 16.5. The smallest absolute Gasteiger partial charge is 0.375 e. The summed E-state index contributed by atoms with van der Waals surface area (Å²) in [7, 11) is 1.13. The van der Waals surface area contributed by atoms with Crippen LogP contribution in [0.2, 0.25) is 0 Å². The molecule has 4 nitrogen and oxygen atoms in total. The Labute approximate surface area is 90.0 Å². The van der Waals surface area contributed by atoms with Gasteiger partial charge in [-0.1, -0.05) is 19.8 Å². The van der Waals surface area contributed by atoms with Crippen molar-refractivity contribution in [3.05, 3.63) is 0 Å². The van der Waals surface area contributed by atoms with Crippen LogP contribution in [0.4, 0.5) is 0 Å². The van der Waals surface area contributed by atoms with Gasteiger partial charge in [0.05, 0.1) is 13.0 Å². The number of carbonyl (C=O) groups excluding carboxylic acids is 3. The lowest BCUT2D eigenvalue weighted by atomic mass is 9.97. The Morgan fingerprint density at radius 2 is 1.80 bits per heavy atom. The highest BCUT2D eigenvalue weighted by Crippen LogP contribution is 2.08. The summed E-state index contributed by atoms with van der Waals surface area (Å²) in [6.45, 7) is 3.49. The molecule has 0 aliphatic heterocycles. The van der Waals surface area contributed by atoms with Crippen LogP contribution >= 0.6 is 0 Å². The Kier molecular flexibility index (Phi) is 6.58. The van der Waals surface area contributed by atoms with E-state index in [4.69, 9.17) is 0 Å². The van der Waals surface area contributed by atoms with Crippen molar-refractivity contribution in [3.63, 3.8) is 0 Å². The topological polar surface area (TPSA) is 60.4 Å². The summed E-state index contributed by atoms with van der Waals surface area (Å²) in [5.74, 6) is -2.74. The third-order valence-corrected chi connectivity index (χ3v) is 2.29. The summed E-state index contributed by atoms with van der Waals surface area (Å²) in [5.41, 5.74) is 0. The van der Waals surface area contributed by atoms with Gasteiger partial charge in [-0.2, -0.15) is 0 Å². The predicted molar refractivity (Wildman–Crippen MR) is 55.3 cm³/mol. The molecule has 0 saturated carbocycles. The summed E-state index contributed by atoms with van der Waals surface area (Å²) in [4.78, 5) is 33.6. The molecular formula is C11H18O4. The van der Waals surface area contributed by atoms with Gasteiger partial charge in [0.1, 0.15) is 5.78 Å². The maximum absolute atomic E-state index is 11.5. The number of rotatable bonds is 7. The molecule has 0 fully saturated rings. The van der Waals surface area contributed by atoms with Crippen molar-refractivity contribution in [3.8, 4) is 0 Å². The lowest BCUT2D eigenvalue weighted by Gasteiger charge is -2.07. The number of hydrogen-bond donors (Lipinski definition) is 0. The van der Waals surface area contributed by atoms with Crippen LogP contribution in [0.5, 0.6) is 0 Å². The van der Waals surface area contributed by atoms with Crippen molar-refractivity contribution in [2.24, 2.45) is 5.92 Å². The Bertz CT molecular complexity index is 245. The summed E-state index contributed by atoms with van der Waals surface area (Å²) >= 11 is 0. The van der Waals surface area contributed by atoms with Crippen LogP contribution < -0.4 is 0 Å². The summed E-state index contributed by atoms with van der Waals surface area (Å²) in [5, 5.41) is 0. The molecule has 0 rings (SSSR count). The van der Waals surface area contributed by atoms with Crippen LogP contribution in [0.3, 0.4) is 0 Å². The highest BCUT2D eigenvalue weighted by Gasteiger charge is 2.27. The largest absolute Gasteiger partial charge is 0.463 e. The number of esters is 1. The van der Waals surface area contributed by atoms with Gasteiger partial charge in [-0.25, -0.2) is 4.79 Å². The van der Waals surface area contributed by atoms with Crippen LogP contribution in [-0.2, 0) is 19.1 Å². The molecular weight excluding hydrogens is 196 g/mol. The van der Waals surface area contributed by atoms with E-state index >= 15 is 0 Å². The van der Waals surface area contributed by atoms with E-state index in [1.54, 1.807) is 0 Å². The molecule has 0 aromatic heterocycles. The standard InChI is InChI=1S/C11H18O4/c1-4-5-6-7-9(12)8(2)10(13)11(14)15-3/h8H,4-7H2,1-3H3. The number of unbranched alkanes of at least 4 members (excludes halogenated alkanes) is 2. The van der Waals surface area contributed by atoms with E-state index in [0.29, 0.717) is 6.42 Å². The van der Waals surface area contributed by atoms with E-state index in [9.17, 15) is 14.4 Å². The lowest BCUT2D eigenvalue weighted by Crippen LogP contribution is -2.28. The van der Waals surface area contributed by atoms with Gasteiger partial charge in [0, 0.05) is 6.42 Å². The minimum absolute atomic E-state index is 0.182. The van der Waals surface area contributed by atoms with Gasteiger partial charge in [-0.05, 0) is 13.3 Å². The zero-order chi connectivity index (χ0) is 11.8. The number of methoxy groups -OCH3 is 1. The fourth-order valence-corrected chi connectivity index (χ4v) is 1.19. The zero-order valence-electron chi connectivity index (χ0n) is 9.54. The van der Waals surface area contributed by atoms with Crippen LogP contribution in [0, 0.1) is 5.92 Å². The third-order valence-electron chi connectivity index (χ3n) is 2.29. The van der Waals surface area contributed by atoms with E-state index < -0.39 is 17.7 Å². The summed E-state index contributed by atoms with van der Waals surface area (Å²) in [6, 6.07) is 0. The van der Waals surface area contributed by atoms with E-state index in [0.717, 1.165) is 26.4 Å². The Balaban J connectivity index is 4.08. The summed E-state index contributed by atoms with van der Waals surface area (Å²) in [6.07, 6.45) is 3.11. The van der Waals surface area contributed by atoms with Crippen molar-refractivity contribution in [2.75, 3.05) is 7.11 Å². The quantitative estimate of drug-likeness (QED) is 0.279. The Hall–Kier alpha value is -1.19. The van der Waals surface area contributed by atoms with Gasteiger partial charge in [-0.15, -0.1) is 0 Å². The first-order valence-electron chi connectivity index (χ1n) is 5.19. The number of Topliss-reactive ketones (excluding diaryl/α,β-unsaturated/α-hetero) is 2. The second-order valence-electron chi connectivity index (χ2n) is 3.50. The van der Waals surface area contributed by atoms with Gasteiger partial charge in [0.25, 0.3) is 0 Å². The van der Waals surface area contributed by atoms with E-state index in [1.165, 1.54) is 6.92 Å². The van der Waals surface area contributed by atoms with Gasteiger partial charge in [0.2, 0.25) is 5.78 Å². The van der Waals surface area contributed by atoms with Crippen molar-refractivity contribution >= 4 is 17.5 Å². The second kappa shape index (κ2) is 7.15. The molecule has 0 amide bonds. The van der Waals surface area contributed by atoms with Crippen molar-refractivity contribution in [2.45, 2.75) is 39.5 Å². The first-order valence-corrected chi connectivity index (χ1v) is 5.19. The SMILES string of the molecule is CCCCCC(=O)C(C)C(=O)C(=O)OC. The monoisotopic (exact) mass is 214 g/mol. The average molecular weight is 214 g/mol. The van der Waals surface area contributed by atoms with Crippen molar-refractivity contribution < 1.29 is 19.1 Å². The molecule has 0 aliphatic rings. The number of hydrogen-bond acceptors (Lipinski definition) is 4. The van der Waals surface area contributed by atoms with E-state index in [-0.39, 0.29) is 5.78 Å². The maximum atomic E-state index is 11.5. The number of ketones is 2. The molecule has 1 atom stereocenters. The second-order valence-corrected chi connectivity index (χ2v) is 3.50. The van der Waals surface area contributed by atoms with Crippen molar-refractivity contribution in [1.29, 1.82) is 0 Å². The lowest BCUT2D eigenvalue weighted by molar-refractivity contribution is -0.154. The van der Waals surface area contributed by atoms with Crippen LogP contribution in [0.25, 0.3) is 0 Å². The highest BCUT2D eigenvalue weighted by molar-refractivity contribution is 6.38. The molecule has 4 heteroatoms. The predicted octanol–water partition coefficient (Wildman–Crippen LogP) is 1.51. The molecule has 0 aromatic rings. The number of ether oxygens (including phenoxy) is 1. The van der Waals surface area contributed by atoms with Gasteiger partial charge < -0.3 is 4.74 Å². The van der Waals surface area contributed by atoms with Crippen molar-refractivity contribution in [1.82, 2.24) is 0 Å². The molecule has 0 aromatic carbocycles. The fraction of sp³-hybridized carbons (Fsp3) is 0.727. The average Bonchev–Trinajstić information content (AvgIpc) is 2.26. The molecule has 0 heterocycles. The van der Waals surface area contributed by atoms with Crippen LogP contribution in [0.15, 0.2) is 0 Å². The minimum Gasteiger partial charge on any atom is -0.463 e. The summed E-state index contributed by atoms with van der Waals surface area (Å²) < 4.78 is 4.27. The normalized spacial score (nSPS) is 11.9. The maximum Gasteiger partial charge on any atom is 0.375 e. The van der Waals surface area contributed by atoms with E-state index in [1.807, 2.05) is 6.92 Å². The minimum atomic E-state index is -0.939. The number of carbonyl (C=O) groups is 3. The third kappa shape index (κ3) is 4.72. The fourth-order valence-electron chi connectivity index (χ4n) is 1.19. The Morgan fingerprint density at radius 1 is 1.20 bits per heavy atom. The van der Waals surface area contributed by atoms with Crippen LogP contribution in [0.1, 0.15) is 39.5 Å². The molecule has 0 N–H and O–H groups in total. The molecule has 0 radical (unpaired) electrons. The molecule has 0 aliphatic carbocycles. The first kappa shape index (κ1) is 13.8. The molecule has 1 unspecified atom stereocenters. The molecule has 0 spiro atoms. The Morgan fingerprint density at radius 3 is 2.27 bits per heavy atom. The zero-order valence-corrected chi connectivity index (χ0v) is 9.54. The van der Waals surface area contributed by atoms with Crippen LogP contribution in [-0.4, -0.2) is 24.6 Å². The van der Waals surface area contributed by atoms with Gasteiger partial charge in [0.15, 0.2) is 0 Å². The first-order chi connectivity index (χ1) is 7.04. The molecule has 0 bridgehead atoms. The van der Waals surface area contributed by atoms with Gasteiger partial charge >= 0.3 is 5.97 Å².